The van der Waals surface area contributed by atoms with E-state index in [1.54, 1.807) is 0 Å². The van der Waals surface area contributed by atoms with Crippen LogP contribution in [0.5, 0.6) is 0 Å². The Morgan fingerprint density at radius 3 is 2.78 bits per heavy atom. The number of nitrogens with zero attached hydrogens (tertiary/aromatic N) is 3. The van der Waals surface area contributed by atoms with Crippen molar-refractivity contribution in [2.75, 3.05) is 6.54 Å². The van der Waals surface area contributed by atoms with Gasteiger partial charge in [-0.25, -0.2) is 0 Å². The standard InChI is InChI=1S/C14H20N4/c1-3-8-15-10-13-5-4-6-14(17-13)11-18-12(2)7-9-16-18/h4-7,9,15H,3,8,10-11H2,1-2H3. The van der Waals surface area contributed by atoms with E-state index >= 15 is 0 Å². The Kier molecular flexibility index (Phi) is 4.47. The molecule has 0 radical (unpaired) electrons. The minimum atomic E-state index is 0.737. The predicted octanol–water partition coefficient (Wildman–Crippen LogP) is 2.13. The van der Waals surface area contributed by atoms with Gasteiger partial charge in [0.05, 0.1) is 17.9 Å². The van der Waals surface area contributed by atoms with Crippen molar-refractivity contribution < 1.29 is 0 Å². The van der Waals surface area contributed by atoms with Crippen molar-refractivity contribution in [1.82, 2.24) is 20.1 Å². The third-order valence-electron chi connectivity index (χ3n) is 2.84. The van der Waals surface area contributed by atoms with Gasteiger partial charge in [-0.05, 0) is 38.1 Å². The maximum atomic E-state index is 4.64. The van der Waals surface area contributed by atoms with E-state index in [2.05, 4.69) is 41.4 Å². The van der Waals surface area contributed by atoms with Crippen LogP contribution in [0.25, 0.3) is 0 Å². The van der Waals surface area contributed by atoms with Crippen LogP contribution in [0, 0.1) is 6.92 Å². The van der Waals surface area contributed by atoms with Crippen LogP contribution in [0.3, 0.4) is 0 Å². The van der Waals surface area contributed by atoms with E-state index < -0.39 is 0 Å². The number of nitrogens with one attached hydrogen (secondary N) is 1. The van der Waals surface area contributed by atoms with Gasteiger partial charge < -0.3 is 5.32 Å². The molecule has 18 heavy (non-hydrogen) atoms. The molecule has 2 heterocycles. The van der Waals surface area contributed by atoms with Crippen LogP contribution < -0.4 is 5.32 Å². The van der Waals surface area contributed by atoms with Gasteiger partial charge in [-0.1, -0.05) is 13.0 Å². The Labute approximate surface area is 108 Å². The molecule has 0 spiro atoms. The molecule has 2 rings (SSSR count). The highest BCUT2D eigenvalue weighted by atomic mass is 15.3. The van der Waals surface area contributed by atoms with Gasteiger partial charge in [0.2, 0.25) is 0 Å². The molecular formula is C14H20N4. The molecule has 0 bridgehead atoms. The van der Waals surface area contributed by atoms with Crippen molar-refractivity contribution in [3.05, 3.63) is 47.5 Å². The molecule has 4 heteroatoms. The quantitative estimate of drug-likeness (QED) is 0.792. The third kappa shape index (κ3) is 3.40. The molecule has 96 valence electrons. The zero-order chi connectivity index (χ0) is 12.8. The second-order valence-corrected chi connectivity index (χ2v) is 4.43. The van der Waals surface area contributed by atoms with Crippen LogP contribution in [0.4, 0.5) is 0 Å². The van der Waals surface area contributed by atoms with Gasteiger partial charge in [0.15, 0.2) is 0 Å². The first-order valence-electron chi connectivity index (χ1n) is 6.43. The fourth-order valence-corrected chi connectivity index (χ4v) is 1.83. The third-order valence-corrected chi connectivity index (χ3v) is 2.84. The predicted molar refractivity (Wildman–Crippen MR) is 72.3 cm³/mol. The first-order valence-corrected chi connectivity index (χ1v) is 6.43. The van der Waals surface area contributed by atoms with Crippen LogP contribution >= 0.6 is 0 Å². The molecule has 0 saturated carbocycles. The average molecular weight is 244 g/mol. The van der Waals surface area contributed by atoms with Crippen LogP contribution in [0.15, 0.2) is 30.5 Å². The van der Waals surface area contributed by atoms with Crippen molar-refractivity contribution in [3.8, 4) is 0 Å². The number of aromatic nitrogens is 3. The minimum Gasteiger partial charge on any atom is -0.311 e. The lowest BCUT2D eigenvalue weighted by Crippen LogP contribution is -2.15. The normalized spacial score (nSPS) is 10.8. The Balaban J connectivity index is 2.01. The molecule has 0 unspecified atom stereocenters. The highest BCUT2D eigenvalue weighted by Gasteiger charge is 2.01. The summed E-state index contributed by atoms with van der Waals surface area (Å²) in [6.45, 7) is 6.82. The second kappa shape index (κ2) is 6.31. The summed E-state index contributed by atoms with van der Waals surface area (Å²) in [5.41, 5.74) is 3.30. The first kappa shape index (κ1) is 12.8. The molecule has 0 aliphatic heterocycles. The molecular weight excluding hydrogens is 224 g/mol. The van der Waals surface area contributed by atoms with Gasteiger partial charge in [0.1, 0.15) is 0 Å². The Morgan fingerprint density at radius 1 is 1.22 bits per heavy atom. The Morgan fingerprint density at radius 2 is 2.06 bits per heavy atom. The van der Waals surface area contributed by atoms with Crippen molar-refractivity contribution in [1.29, 1.82) is 0 Å². The smallest absolute Gasteiger partial charge is 0.0834 e. The van der Waals surface area contributed by atoms with E-state index in [1.807, 2.05) is 23.0 Å². The Bertz CT molecular complexity index is 490. The summed E-state index contributed by atoms with van der Waals surface area (Å²) in [5.74, 6) is 0. The fraction of sp³-hybridized carbons (Fsp3) is 0.429. The molecule has 0 fully saturated rings. The van der Waals surface area contributed by atoms with E-state index in [-0.39, 0.29) is 0 Å². The average Bonchev–Trinajstić information content (AvgIpc) is 2.76. The van der Waals surface area contributed by atoms with E-state index in [4.69, 9.17) is 0 Å². The highest BCUT2D eigenvalue weighted by molar-refractivity contribution is 5.12. The van der Waals surface area contributed by atoms with E-state index in [0.717, 1.165) is 43.1 Å². The van der Waals surface area contributed by atoms with Gasteiger partial charge in [0.25, 0.3) is 0 Å². The van der Waals surface area contributed by atoms with Crippen LogP contribution in [-0.4, -0.2) is 21.3 Å². The molecule has 2 aromatic rings. The molecule has 0 amide bonds. The topological polar surface area (TPSA) is 42.7 Å². The van der Waals surface area contributed by atoms with Gasteiger partial charge >= 0.3 is 0 Å². The van der Waals surface area contributed by atoms with Crippen LogP contribution in [0.2, 0.25) is 0 Å². The van der Waals surface area contributed by atoms with E-state index in [1.165, 1.54) is 0 Å². The van der Waals surface area contributed by atoms with Gasteiger partial charge in [0, 0.05) is 18.4 Å². The summed E-state index contributed by atoms with van der Waals surface area (Å²) in [4.78, 5) is 4.64. The van der Waals surface area contributed by atoms with E-state index in [9.17, 15) is 0 Å². The van der Waals surface area contributed by atoms with Gasteiger partial charge in [-0.2, -0.15) is 5.10 Å². The summed E-state index contributed by atoms with van der Waals surface area (Å²) in [6.07, 6.45) is 2.97. The lowest BCUT2D eigenvalue weighted by atomic mass is 10.3. The molecule has 0 saturated heterocycles. The zero-order valence-electron chi connectivity index (χ0n) is 11.1. The number of pyridine rings is 1. The molecule has 1 N–H and O–H groups in total. The zero-order valence-corrected chi connectivity index (χ0v) is 11.1. The maximum Gasteiger partial charge on any atom is 0.0834 e. The summed E-state index contributed by atoms with van der Waals surface area (Å²) in [7, 11) is 0. The van der Waals surface area contributed by atoms with Gasteiger partial charge in [-0.3, -0.25) is 9.67 Å². The lowest BCUT2D eigenvalue weighted by Gasteiger charge is -2.07. The monoisotopic (exact) mass is 244 g/mol. The molecule has 2 aromatic heterocycles. The summed E-state index contributed by atoms with van der Waals surface area (Å²) < 4.78 is 1.96. The van der Waals surface area contributed by atoms with Crippen molar-refractivity contribution in [2.24, 2.45) is 0 Å². The SMILES string of the molecule is CCCNCc1cccc(Cn2nccc2C)n1. The molecule has 0 aliphatic rings. The van der Waals surface area contributed by atoms with Crippen molar-refractivity contribution in [2.45, 2.75) is 33.4 Å². The van der Waals surface area contributed by atoms with E-state index in [0.29, 0.717) is 0 Å². The number of rotatable bonds is 6. The first-order chi connectivity index (χ1) is 8.79. The molecule has 0 aromatic carbocycles. The van der Waals surface area contributed by atoms with Crippen molar-refractivity contribution >= 4 is 0 Å². The number of aryl methyl sites for hydroxylation is 1. The molecule has 0 atom stereocenters. The Hall–Kier alpha value is -1.68. The lowest BCUT2D eigenvalue weighted by molar-refractivity contribution is 0.635. The van der Waals surface area contributed by atoms with Gasteiger partial charge in [-0.15, -0.1) is 0 Å². The van der Waals surface area contributed by atoms with Crippen LogP contribution in [0.1, 0.15) is 30.4 Å². The summed E-state index contributed by atoms with van der Waals surface area (Å²) >= 11 is 0. The summed E-state index contributed by atoms with van der Waals surface area (Å²) in [5, 5.41) is 7.64. The molecule has 4 nitrogen and oxygen atoms in total. The molecule has 0 aliphatic carbocycles. The number of hydrogen-bond acceptors (Lipinski definition) is 3. The van der Waals surface area contributed by atoms with Crippen molar-refractivity contribution in [3.63, 3.8) is 0 Å². The number of hydrogen-bond donors (Lipinski definition) is 1. The fourth-order valence-electron chi connectivity index (χ4n) is 1.83. The maximum absolute atomic E-state index is 4.64. The minimum absolute atomic E-state index is 0.737. The van der Waals surface area contributed by atoms with Crippen LogP contribution in [-0.2, 0) is 13.1 Å². The summed E-state index contributed by atoms with van der Waals surface area (Å²) in [6, 6.07) is 8.17. The highest BCUT2D eigenvalue weighted by Crippen LogP contribution is 2.04. The largest absolute Gasteiger partial charge is 0.311 e. The second-order valence-electron chi connectivity index (χ2n) is 4.43.